The lowest BCUT2D eigenvalue weighted by Crippen LogP contribution is -2.20. The van der Waals surface area contributed by atoms with Crippen molar-refractivity contribution in [3.63, 3.8) is 0 Å². The molecule has 1 aromatic rings. The summed E-state index contributed by atoms with van der Waals surface area (Å²) in [6.45, 7) is 9.34. The Bertz CT molecular complexity index is 346. The highest BCUT2D eigenvalue weighted by atomic mass is 14.3. The third-order valence-electron chi connectivity index (χ3n) is 4.41. The maximum absolute atomic E-state index is 2.41. The molecule has 2 rings (SSSR count). The maximum Gasteiger partial charge on any atom is -0.0162 e. The summed E-state index contributed by atoms with van der Waals surface area (Å²) in [6, 6.07) is 9.36. The number of hydrogen-bond acceptors (Lipinski definition) is 0. The van der Waals surface area contributed by atoms with E-state index in [0.717, 1.165) is 5.92 Å². The van der Waals surface area contributed by atoms with Crippen molar-refractivity contribution in [3.8, 4) is 0 Å². The third kappa shape index (κ3) is 3.60. The quantitative estimate of drug-likeness (QED) is 0.589. The van der Waals surface area contributed by atoms with Crippen LogP contribution in [0.4, 0.5) is 0 Å². The summed E-state index contributed by atoms with van der Waals surface area (Å²) < 4.78 is 0. The minimum absolute atomic E-state index is 0. The summed E-state index contributed by atoms with van der Waals surface area (Å²) in [5, 5.41) is 0. The normalized spacial score (nSPS) is 19.6. The molecule has 0 N–H and O–H groups in total. The van der Waals surface area contributed by atoms with Crippen LogP contribution in [0.1, 0.15) is 83.8 Å². The molecule has 0 heteroatoms. The zero-order valence-electron chi connectivity index (χ0n) is 11.8. The van der Waals surface area contributed by atoms with Gasteiger partial charge in [0.2, 0.25) is 0 Å². The average Bonchev–Trinajstić information content (AvgIpc) is 2.29. The van der Waals surface area contributed by atoms with E-state index >= 15 is 0 Å². The van der Waals surface area contributed by atoms with E-state index in [1.807, 2.05) is 0 Å². The van der Waals surface area contributed by atoms with Gasteiger partial charge in [0.05, 0.1) is 0 Å². The topological polar surface area (TPSA) is 0 Å². The zero-order valence-corrected chi connectivity index (χ0v) is 11.8. The molecule has 0 atom stereocenters. The molecule has 0 amide bonds. The number of hydrogen-bond donors (Lipinski definition) is 0. The molecular weight excluding hydrogens is 216 g/mol. The van der Waals surface area contributed by atoms with Crippen LogP contribution in [0.5, 0.6) is 0 Å². The van der Waals surface area contributed by atoms with Gasteiger partial charge in [0.15, 0.2) is 0 Å². The van der Waals surface area contributed by atoms with E-state index in [2.05, 4.69) is 52.0 Å². The first kappa shape index (κ1) is 15.3. The smallest absolute Gasteiger partial charge is 0.0162 e. The molecule has 1 fully saturated rings. The highest BCUT2D eigenvalue weighted by molar-refractivity contribution is 5.27. The number of benzene rings is 1. The fourth-order valence-corrected chi connectivity index (χ4v) is 2.89. The summed E-state index contributed by atoms with van der Waals surface area (Å²) in [4.78, 5) is 0. The second-order valence-corrected chi connectivity index (χ2v) is 6.76. The second-order valence-electron chi connectivity index (χ2n) is 6.76. The van der Waals surface area contributed by atoms with Crippen LogP contribution in [0, 0.1) is 5.41 Å². The van der Waals surface area contributed by atoms with Crippen LogP contribution in [0.15, 0.2) is 24.3 Å². The fourth-order valence-electron chi connectivity index (χ4n) is 2.89. The summed E-state index contributed by atoms with van der Waals surface area (Å²) in [5.41, 5.74) is 3.60. The van der Waals surface area contributed by atoms with Crippen LogP contribution in [0.25, 0.3) is 0 Å². The van der Waals surface area contributed by atoms with Crippen LogP contribution in [0.3, 0.4) is 0 Å². The van der Waals surface area contributed by atoms with Gasteiger partial charge in [-0.15, -0.1) is 0 Å². The van der Waals surface area contributed by atoms with E-state index in [-0.39, 0.29) is 7.43 Å². The molecule has 0 saturated heterocycles. The van der Waals surface area contributed by atoms with Gasteiger partial charge < -0.3 is 0 Å². The van der Waals surface area contributed by atoms with E-state index in [4.69, 9.17) is 0 Å². The Balaban J connectivity index is 0.00000162. The van der Waals surface area contributed by atoms with E-state index in [9.17, 15) is 0 Å². The molecule has 0 radical (unpaired) electrons. The molecule has 0 nitrogen and oxygen atoms in total. The predicted molar refractivity (Wildman–Crippen MR) is 82.3 cm³/mol. The summed E-state index contributed by atoms with van der Waals surface area (Å²) in [7, 11) is 0. The first-order chi connectivity index (χ1) is 7.98. The largest absolute Gasteiger partial charge is 0.0776 e. The molecule has 1 saturated carbocycles. The molecule has 0 heterocycles. The SMILES string of the molecule is C.CC(C)c1ccc(C2CCC(C)(C)CC2)cc1. The van der Waals surface area contributed by atoms with E-state index < -0.39 is 0 Å². The fraction of sp³-hybridized carbons (Fsp3) is 0.667. The highest BCUT2D eigenvalue weighted by Crippen LogP contribution is 2.42. The van der Waals surface area contributed by atoms with Crippen LogP contribution >= 0.6 is 0 Å². The maximum atomic E-state index is 2.41. The summed E-state index contributed by atoms with van der Waals surface area (Å²) >= 11 is 0. The van der Waals surface area contributed by atoms with E-state index in [1.165, 1.54) is 31.2 Å². The molecule has 1 aromatic carbocycles. The molecule has 18 heavy (non-hydrogen) atoms. The molecule has 0 unspecified atom stereocenters. The molecule has 0 aliphatic heterocycles. The van der Waals surface area contributed by atoms with Gasteiger partial charge in [-0.1, -0.05) is 59.4 Å². The molecule has 0 bridgehead atoms. The Kier molecular flexibility index (Phi) is 5.01. The predicted octanol–water partition coefficient (Wildman–Crippen LogP) is 6.13. The van der Waals surface area contributed by atoms with Crippen LogP contribution in [-0.2, 0) is 0 Å². The Labute approximate surface area is 114 Å². The third-order valence-corrected chi connectivity index (χ3v) is 4.41. The van der Waals surface area contributed by atoms with Gasteiger partial charge in [0.25, 0.3) is 0 Å². The van der Waals surface area contributed by atoms with Gasteiger partial charge in [0, 0.05) is 0 Å². The Hall–Kier alpha value is -0.780. The van der Waals surface area contributed by atoms with Gasteiger partial charge in [0.1, 0.15) is 0 Å². The van der Waals surface area contributed by atoms with Gasteiger partial charge in [-0.2, -0.15) is 0 Å². The Morgan fingerprint density at radius 1 is 1.00 bits per heavy atom. The Morgan fingerprint density at radius 2 is 1.50 bits per heavy atom. The van der Waals surface area contributed by atoms with Crippen molar-refractivity contribution in [1.82, 2.24) is 0 Å². The lowest BCUT2D eigenvalue weighted by atomic mass is 9.71. The molecule has 0 spiro atoms. The molecule has 0 aromatic heterocycles. The van der Waals surface area contributed by atoms with Crippen molar-refractivity contribution in [3.05, 3.63) is 35.4 Å². The first-order valence-electron chi connectivity index (χ1n) is 7.08. The van der Waals surface area contributed by atoms with Crippen molar-refractivity contribution in [2.45, 2.75) is 72.6 Å². The van der Waals surface area contributed by atoms with Crippen LogP contribution in [-0.4, -0.2) is 0 Å². The van der Waals surface area contributed by atoms with Gasteiger partial charge >= 0.3 is 0 Å². The lowest BCUT2D eigenvalue weighted by Gasteiger charge is -2.34. The van der Waals surface area contributed by atoms with Crippen molar-refractivity contribution in [1.29, 1.82) is 0 Å². The lowest BCUT2D eigenvalue weighted by molar-refractivity contribution is 0.224. The van der Waals surface area contributed by atoms with Crippen molar-refractivity contribution < 1.29 is 0 Å². The molecule has 1 aliphatic carbocycles. The van der Waals surface area contributed by atoms with Crippen molar-refractivity contribution >= 4 is 0 Å². The average molecular weight is 246 g/mol. The summed E-state index contributed by atoms with van der Waals surface area (Å²) in [6.07, 6.45) is 5.50. The number of rotatable bonds is 2. The molecule has 1 aliphatic rings. The van der Waals surface area contributed by atoms with Crippen molar-refractivity contribution in [2.24, 2.45) is 5.41 Å². The first-order valence-corrected chi connectivity index (χ1v) is 7.08. The zero-order chi connectivity index (χ0) is 12.5. The van der Waals surface area contributed by atoms with Crippen LogP contribution < -0.4 is 0 Å². The minimum atomic E-state index is 0. The van der Waals surface area contributed by atoms with Crippen molar-refractivity contribution in [2.75, 3.05) is 0 Å². The standard InChI is InChI=1S/C17H26.CH4/c1-13(2)14-5-7-15(8-6-14)16-9-11-17(3,4)12-10-16;/h5-8,13,16H,9-12H2,1-4H3;1H4. The second kappa shape index (κ2) is 5.91. The van der Waals surface area contributed by atoms with E-state index in [0.29, 0.717) is 11.3 Å². The van der Waals surface area contributed by atoms with E-state index in [1.54, 1.807) is 5.56 Å². The Morgan fingerprint density at radius 3 is 1.94 bits per heavy atom. The molecular formula is C18H30. The monoisotopic (exact) mass is 246 g/mol. The highest BCUT2D eigenvalue weighted by Gasteiger charge is 2.27. The minimum Gasteiger partial charge on any atom is -0.0776 e. The van der Waals surface area contributed by atoms with Gasteiger partial charge in [-0.05, 0) is 54.1 Å². The summed E-state index contributed by atoms with van der Waals surface area (Å²) in [5.74, 6) is 1.46. The van der Waals surface area contributed by atoms with Gasteiger partial charge in [-0.3, -0.25) is 0 Å². The molecule has 102 valence electrons. The van der Waals surface area contributed by atoms with Crippen LogP contribution in [0.2, 0.25) is 0 Å². The van der Waals surface area contributed by atoms with Gasteiger partial charge in [-0.25, -0.2) is 0 Å².